The molecule has 0 atom stereocenters. The van der Waals surface area contributed by atoms with Gasteiger partial charge in [-0.3, -0.25) is 0 Å². The lowest BCUT2D eigenvalue weighted by Crippen LogP contribution is -2.03. The third-order valence-electron chi connectivity index (χ3n) is 3.42. The van der Waals surface area contributed by atoms with E-state index in [0.717, 1.165) is 23.6 Å². The van der Waals surface area contributed by atoms with E-state index in [0.29, 0.717) is 12.6 Å². The lowest BCUT2D eigenvalue weighted by molar-refractivity contribution is 0.717. The van der Waals surface area contributed by atoms with Crippen molar-refractivity contribution in [2.45, 2.75) is 32.2 Å². The number of hydrogen-bond acceptors (Lipinski definition) is 3. The van der Waals surface area contributed by atoms with Gasteiger partial charge < -0.3 is 10.3 Å². The minimum atomic E-state index is 0.610. The van der Waals surface area contributed by atoms with Gasteiger partial charge in [0.1, 0.15) is 5.82 Å². The van der Waals surface area contributed by atoms with Crippen molar-refractivity contribution in [3.63, 3.8) is 0 Å². The molecule has 0 bridgehead atoms. The van der Waals surface area contributed by atoms with Gasteiger partial charge in [0, 0.05) is 11.6 Å². The number of aryl methyl sites for hydroxylation is 1. The van der Waals surface area contributed by atoms with E-state index in [4.69, 9.17) is 5.73 Å². The van der Waals surface area contributed by atoms with Crippen molar-refractivity contribution in [2.24, 2.45) is 5.73 Å². The number of benzene rings is 1. The van der Waals surface area contributed by atoms with Gasteiger partial charge in [-0.2, -0.15) is 0 Å². The van der Waals surface area contributed by atoms with Crippen molar-refractivity contribution >= 4 is 0 Å². The Morgan fingerprint density at radius 3 is 2.56 bits per heavy atom. The zero-order valence-corrected chi connectivity index (χ0v) is 10.6. The molecule has 1 heterocycles. The molecule has 1 saturated carbocycles. The van der Waals surface area contributed by atoms with Crippen LogP contribution in [0.4, 0.5) is 0 Å². The van der Waals surface area contributed by atoms with Crippen LogP contribution < -0.4 is 5.73 Å². The van der Waals surface area contributed by atoms with Gasteiger partial charge in [-0.15, -0.1) is 10.2 Å². The van der Waals surface area contributed by atoms with Gasteiger partial charge in [-0.1, -0.05) is 24.3 Å². The summed E-state index contributed by atoms with van der Waals surface area (Å²) in [5.74, 6) is 2.01. The van der Waals surface area contributed by atoms with E-state index < -0.39 is 0 Å². The van der Waals surface area contributed by atoms with E-state index in [2.05, 4.69) is 39.0 Å². The molecule has 4 nitrogen and oxygen atoms in total. The molecule has 1 aliphatic carbocycles. The highest BCUT2D eigenvalue weighted by Crippen LogP contribution is 2.38. The van der Waals surface area contributed by atoms with E-state index in [1.807, 2.05) is 6.92 Å². The summed E-state index contributed by atoms with van der Waals surface area (Å²) in [6, 6.07) is 9.10. The first-order valence-electron chi connectivity index (χ1n) is 6.50. The predicted octanol–water partition coefficient (Wildman–Crippen LogP) is 2.09. The Balaban J connectivity index is 1.94. The molecule has 2 N–H and O–H groups in total. The highest BCUT2D eigenvalue weighted by molar-refractivity contribution is 5.56. The van der Waals surface area contributed by atoms with Gasteiger partial charge in [-0.25, -0.2) is 0 Å². The van der Waals surface area contributed by atoms with Gasteiger partial charge in [0.25, 0.3) is 0 Å². The van der Waals surface area contributed by atoms with Crippen LogP contribution in [-0.4, -0.2) is 21.3 Å². The van der Waals surface area contributed by atoms with Crippen LogP contribution in [0, 0.1) is 6.92 Å². The summed E-state index contributed by atoms with van der Waals surface area (Å²) >= 11 is 0. The molecule has 18 heavy (non-hydrogen) atoms. The fourth-order valence-corrected chi connectivity index (χ4v) is 2.32. The van der Waals surface area contributed by atoms with Crippen LogP contribution >= 0.6 is 0 Å². The average Bonchev–Trinajstić information content (AvgIpc) is 3.14. The fraction of sp³-hybridized carbons (Fsp3) is 0.429. The Labute approximate surface area is 107 Å². The summed E-state index contributed by atoms with van der Waals surface area (Å²) in [4.78, 5) is 0. The van der Waals surface area contributed by atoms with Crippen LogP contribution in [0.1, 0.15) is 30.3 Å². The monoisotopic (exact) mass is 242 g/mol. The summed E-state index contributed by atoms with van der Waals surface area (Å²) in [7, 11) is 0. The van der Waals surface area contributed by atoms with Gasteiger partial charge in [0.05, 0.1) is 0 Å². The molecule has 1 fully saturated rings. The molecular formula is C14H18N4. The lowest BCUT2D eigenvalue weighted by Gasteiger charge is -2.07. The quantitative estimate of drug-likeness (QED) is 0.893. The number of aromatic nitrogens is 3. The SMILES string of the molecule is Cc1nnc(-c2ccc(CCN)cc2)n1C1CC1. The Hall–Kier alpha value is -1.68. The molecule has 0 aliphatic heterocycles. The second kappa shape index (κ2) is 4.53. The summed E-state index contributed by atoms with van der Waals surface area (Å²) in [5, 5.41) is 8.52. The Kier molecular flexibility index (Phi) is 2.88. The van der Waals surface area contributed by atoms with E-state index in [1.165, 1.54) is 18.4 Å². The molecule has 94 valence electrons. The molecule has 2 aromatic rings. The fourth-order valence-electron chi connectivity index (χ4n) is 2.32. The maximum Gasteiger partial charge on any atom is 0.164 e. The smallest absolute Gasteiger partial charge is 0.164 e. The normalized spacial score (nSPS) is 15.0. The van der Waals surface area contributed by atoms with Crippen molar-refractivity contribution in [3.05, 3.63) is 35.7 Å². The Morgan fingerprint density at radius 2 is 1.94 bits per heavy atom. The molecular weight excluding hydrogens is 224 g/mol. The minimum absolute atomic E-state index is 0.610. The van der Waals surface area contributed by atoms with Crippen LogP contribution in [0.5, 0.6) is 0 Å². The zero-order valence-electron chi connectivity index (χ0n) is 10.6. The maximum atomic E-state index is 5.56. The summed E-state index contributed by atoms with van der Waals surface area (Å²) in [6.45, 7) is 2.72. The van der Waals surface area contributed by atoms with Crippen LogP contribution in [-0.2, 0) is 6.42 Å². The Bertz CT molecular complexity index is 537. The second-order valence-electron chi connectivity index (χ2n) is 4.91. The Morgan fingerprint density at radius 1 is 1.22 bits per heavy atom. The first-order chi connectivity index (χ1) is 8.79. The minimum Gasteiger partial charge on any atom is -0.330 e. The molecule has 3 rings (SSSR count). The van der Waals surface area contributed by atoms with Gasteiger partial charge in [0.15, 0.2) is 5.82 Å². The molecule has 1 aliphatic rings. The first-order valence-corrected chi connectivity index (χ1v) is 6.50. The summed E-state index contributed by atoms with van der Waals surface area (Å²) in [6.07, 6.45) is 3.42. The molecule has 0 amide bonds. The number of nitrogens with zero attached hydrogens (tertiary/aromatic N) is 3. The van der Waals surface area contributed by atoms with E-state index in [-0.39, 0.29) is 0 Å². The number of rotatable bonds is 4. The van der Waals surface area contributed by atoms with E-state index in [1.54, 1.807) is 0 Å². The van der Waals surface area contributed by atoms with Gasteiger partial charge in [-0.05, 0) is 38.3 Å². The van der Waals surface area contributed by atoms with Crippen molar-refractivity contribution < 1.29 is 0 Å². The first kappa shape index (κ1) is 11.4. The molecule has 0 saturated heterocycles. The summed E-state index contributed by atoms with van der Waals surface area (Å²) in [5.41, 5.74) is 7.97. The van der Waals surface area contributed by atoms with Gasteiger partial charge >= 0.3 is 0 Å². The van der Waals surface area contributed by atoms with Crippen LogP contribution in [0.3, 0.4) is 0 Å². The van der Waals surface area contributed by atoms with Crippen LogP contribution in [0.2, 0.25) is 0 Å². The van der Waals surface area contributed by atoms with Crippen molar-refractivity contribution in [1.82, 2.24) is 14.8 Å². The average molecular weight is 242 g/mol. The molecule has 0 spiro atoms. The third kappa shape index (κ3) is 2.04. The molecule has 1 aromatic carbocycles. The predicted molar refractivity (Wildman–Crippen MR) is 71.2 cm³/mol. The highest BCUT2D eigenvalue weighted by Gasteiger charge is 2.28. The van der Waals surface area contributed by atoms with Crippen LogP contribution in [0.25, 0.3) is 11.4 Å². The largest absolute Gasteiger partial charge is 0.330 e. The molecule has 0 unspecified atom stereocenters. The lowest BCUT2D eigenvalue weighted by atomic mass is 10.1. The molecule has 0 radical (unpaired) electrons. The van der Waals surface area contributed by atoms with Crippen molar-refractivity contribution in [2.75, 3.05) is 6.54 Å². The molecule has 4 heteroatoms. The summed E-state index contributed by atoms with van der Waals surface area (Å²) < 4.78 is 2.26. The van der Waals surface area contributed by atoms with E-state index >= 15 is 0 Å². The zero-order chi connectivity index (χ0) is 12.5. The molecule has 1 aromatic heterocycles. The number of nitrogens with two attached hydrogens (primary N) is 1. The van der Waals surface area contributed by atoms with Crippen molar-refractivity contribution in [3.8, 4) is 11.4 Å². The number of hydrogen-bond donors (Lipinski definition) is 1. The second-order valence-corrected chi connectivity index (χ2v) is 4.91. The van der Waals surface area contributed by atoms with E-state index in [9.17, 15) is 0 Å². The topological polar surface area (TPSA) is 56.7 Å². The van der Waals surface area contributed by atoms with Crippen molar-refractivity contribution in [1.29, 1.82) is 0 Å². The third-order valence-corrected chi connectivity index (χ3v) is 3.42. The highest BCUT2D eigenvalue weighted by atomic mass is 15.3. The van der Waals surface area contributed by atoms with Crippen LogP contribution in [0.15, 0.2) is 24.3 Å². The maximum absolute atomic E-state index is 5.56. The standard InChI is InChI=1S/C14H18N4/c1-10-16-17-14(18(10)13-6-7-13)12-4-2-11(3-5-12)8-9-15/h2-5,13H,6-9,15H2,1H3. The van der Waals surface area contributed by atoms with Gasteiger partial charge in [0.2, 0.25) is 0 Å².